The van der Waals surface area contributed by atoms with Crippen molar-refractivity contribution in [1.82, 2.24) is 5.16 Å². The molecule has 1 aromatic heterocycles. The molecule has 0 N–H and O–H groups in total. The van der Waals surface area contributed by atoms with E-state index in [1.165, 1.54) is 13.0 Å². The zero-order valence-corrected chi connectivity index (χ0v) is 10.2. The molecule has 0 fully saturated rings. The molecule has 1 aromatic carbocycles. The highest BCUT2D eigenvalue weighted by Crippen LogP contribution is 2.25. The first-order chi connectivity index (χ1) is 8.59. The monoisotopic (exact) mass is 264 g/mol. The second-order valence-electron chi connectivity index (χ2n) is 3.58. The fourth-order valence-electron chi connectivity index (χ4n) is 1.49. The summed E-state index contributed by atoms with van der Waals surface area (Å²) < 4.78 is 4.80. The van der Waals surface area contributed by atoms with Crippen molar-refractivity contribution >= 4 is 29.4 Å². The lowest BCUT2D eigenvalue weighted by atomic mass is 10.2. The van der Waals surface area contributed by atoms with Crippen LogP contribution in [-0.4, -0.2) is 10.1 Å². The molecule has 0 bridgehead atoms. The molecule has 0 spiro atoms. The molecule has 5 nitrogen and oxygen atoms in total. The first-order valence-electron chi connectivity index (χ1n) is 5.13. The Balaban J connectivity index is 2.36. The molecule has 0 amide bonds. The molecule has 0 aliphatic heterocycles. The fraction of sp³-hybridized carbons (Fsp3) is 0.0833. The molecule has 2 rings (SSSR count). The van der Waals surface area contributed by atoms with Crippen molar-refractivity contribution in [3.8, 4) is 0 Å². The minimum atomic E-state index is -0.516. The SMILES string of the molecule is Cc1onc(/C=C/c2ccccc2Cl)c1[N+](=O)[O-]. The number of benzene rings is 1. The summed E-state index contributed by atoms with van der Waals surface area (Å²) in [5.41, 5.74) is 0.810. The molecule has 6 heteroatoms. The predicted molar refractivity (Wildman–Crippen MR) is 68.3 cm³/mol. The Labute approximate surface area is 108 Å². The molecule has 0 aliphatic rings. The van der Waals surface area contributed by atoms with Crippen LogP contribution >= 0.6 is 11.6 Å². The molecular weight excluding hydrogens is 256 g/mol. The van der Waals surface area contributed by atoms with E-state index in [2.05, 4.69) is 5.16 Å². The smallest absolute Gasteiger partial charge is 0.338 e. The van der Waals surface area contributed by atoms with Crippen molar-refractivity contribution in [2.24, 2.45) is 0 Å². The summed E-state index contributed by atoms with van der Waals surface area (Å²) in [6.07, 6.45) is 3.17. The van der Waals surface area contributed by atoms with E-state index in [1.54, 1.807) is 18.2 Å². The molecule has 0 unspecified atom stereocenters. The number of halogens is 1. The number of aromatic nitrogens is 1. The largest absolute Gasteiger partial charge is 0.354 e. The zero-order chi connectivity index (χ0) is 13.1. The summed E-state index contributed by atoms with van der Waals surface area (Å²) in [6, 6.07) is 7.18. The van der Waals surface area contributed by atoms with Gasteiger partial charge in [-0.2, -0.15) is 0 Å². The third-order valence-corrected chi connectivity index (χ3v) is 2.71. The lowest BCUT2D eigenvalue weighted by Crippen LogP contribution is -1.90. The summed E-state index contributed by atoms with van der Waals surface area (Å²) in [6.45, 7) is 1.50. The quantitative estimate of drug-likeness (QED) is 0.626. The Bertz CT molecular complexity index is 620. The van der Waals surface area contributed by atoms with Crippen LogP contribution in [0.2, 0.25) is 5.02 Å². The highest BCUT2D eigenvalue weighted by molar-refractivity contribution is 6.32. The summed E-state index contributed by atoms with van der Waals surface area (Å²) in [5, 5.41) is 15.0. The Hall–Kier alpha value is -2.14. The topological polar surface area (TPSA) is 69.2 Å². The maximum Gasteiger partial charge on any atom is 0.338 e. The van der Waals surface area contributed by atoms with E-state index in [0.717, 1.165) is 5.56 Å². The molecule has 2 aromatic rings. The third kappa shape index (κ3) is 2.41. The number of aryl methyl sites for hydroxylation is 1. The highest BCUT2D eigenvalue weighted by atomic mass is 35.5. The van der Waals surface area contributed by atoms with Crippen molar-refractivity contribution in [3.63, 3.8) is 0 Å². The third-order valence-electron chi connectivity index (χ3n) is 2.37. The Morgan fingerprint density at radius 1 is 1.39 bits per heavy atom. The van der Waals surface area contributed by atoms with Crippen molar-refractivity contribution in [2.45, 2.75) is 6.92 Å². The van der Waals surface area contributed by atoms with Gasteiger partial charge in [-0.3, -0.25) is 10.1 Å². The van der Waals surface area contributed by atoms with Crippen LogP contribution in [0.3, 0.4) is 0 Å². The van der Waals surface area contributed by atoms with Gasteiger partial charge < -0.3 is 4.52 Å². The van der Waals surface area contributed by atoms with Gasteiger partial charge in [-0.05, 0) is 17.7 Å². The molecule has 18 heavy (non-hydrogen) atoms. The summed E-state index contributed by atoms with van der Waals surface area (Å²) >= 11 is 5.97. The molecule has 0 aliphatic carbocycles. The normalized spacial score (nSPS) is 11.0. The Morgan fingerprint density at radius 3 is 2.78 bits per heavy atom. The lowest BCUT2D eigenvalue weighted by Gasteiger charge is -1.95. The first kappa shape index (κ1) is 12.3. The second kappa shape index (κ2) is 5.01. The van der Waals surface area contributed by atoms with Crippen LogP contribution in [0.25, 0.3) is 12.2 Å². The van der Waals surface area contributed by atoms with Crippen LogP contribution in [0, 0.1) is 17.0 Å². The molecule has 92 valence electrons. The lowest BCUT2D eigenvalue weighted by molar-refractivity contribution is -0.386. The van der Waals surface area contributed by atoms with E-state index in [-0.39, 0.29) is 17.1 Å². The molecular formula is C12H9ClN2O3. The van der Waals surface area contributed by atoms with Gasteiger partial charge in [0.05, 0.1) is 4.92 Å². The van der Waals surface area contributed by atoms with Crippen LogP contribution in [-0.2, 0) is 0 Å². The number of hydrogen-bond donors (Lipinski definition) is 0. The highest BCUT2D eigenvalue weighted by Gasteiger charge is 2.21. The average molecular weight is 265 g/mol. The van der Waals surface area contributed by atoms with Gasteiger partial charge in [-0.25, -0.2) is 0 Å². The molecule has 0 saturated heterocycles. The van der Waals surface area contributed by atoms with Crippen LogP contribution in [0.15, 0.2) is 28.8 Å². The summed E-state index contributed by atoms with van der Waals surface area (Å²) in [5.74, 6) is 0.179. The number of nitro groups is 1. The summed E-state index contributed by atoms with van der Waals surface area (Å²) in [7, 11) is 0. The Kier molecular flexibility index (Phi) is 3.43. The van der Waals surface area contributed by atoms with E-state index in [1.807, 2.05) is 12.1 Å². The average Bonchev–Trinajstić information content (AvgIpc) is 2.69. The van der Waals surface area contributed by atoms with Crippen LogP contribution in [0.5, 0.6) is 0 Å². The van der Waals surface area contributed by atoms with Gasteiger partial charge in [-0.1, -0.05) is 41.0 Å². The van der Waals surface area contributed by atoms with Gasteiger partial charge in [-0.15, -0.1) is 0 Å². The predicted octanol–water partition coefficient (Wildman–Crippen LogP) is 3.72. The van der Waals surface area contributed by atoms with Gasteiger partial charge >= 0.3 is 5.69 Å². The van der Waals surface area contributed by atoms with Gasteiger partial charge in [0.15, 0.2) is 5.69 Å². The first-order valence-corrected chi connectivity index (χ1v) is 5.50. The second-order valence-corrected chi connectivity index (χ2v) is 3.99. The molecule has 1 heterocycles. The zero-order valence-electron chi connectivity index (χ0n) is 9.46. The minimum absolute atomic E-state index is 0.127. The number of hydrogen-bond acceptors (Lipinski definition) is 4. The van der Waals surface area contributed by atoms with Gasteiger partial charge in [0.2, 0.25) is 5.76 Å². The van der Waals surface area contributed by atoms with Gasteiger partial charge in [0, 0.05) is 11.9 Å². The van der Waals surface area contributed by atoms with Crippen LogP contribution < -0.4 is 0 Å². The molecule has 0 atom stereocenters. The fourth-order valence-corrected chi connectivity index (χ4v) is 1.69. The summed E-state index contributed by atoms with van der Waals surface area (Å²) in [4.78, 5) is 10.3. The molecule has 0 radical (unpaired) electrons. The Morgan fingerprint density at radius 2 is 2.11 bits per heavy atom. The minimum Gasteiger partial charge on any atom is -0.354 e. The van der Waals surface area contributed by atoms with Crippen LogP contribution in [0.4, 0.5) is 5.69 Å². The van der Waals surface area contributed by atoms with Crippen molar-refractivity contribution in [1.29, 1.82) is 0 Å². The van der Waals surface area contributed by atoms with Gasteiger partial charge in [0.25, 0.3) is 0 Å². The van der Waals surface area contributed by atoms with Gasteiger partial charge in [0.1, 0.15) is 0 Å². The molecule has 0 saturated carbocycles. The van der Waals surface area contributed by atoms with E-state index < -0.39 is 4.92 Å². The van der Waals surface area contributed by atoms with E-state index in [9.17, 15) is 10.1 Å². The van der Waals surface area contributed by atoms with Crippen molar-refractivity contribution in [3.05, 3.63) is 56.4 Å². The maximum atomic E-state index is 10.8. The van der Waals surface area contributed by atoms with Crippen molar-refractivity contribution < 1.29 is 9.45 Å². The van der Waals surface area contributed by atoms with E-state index >= 15 is 0 Å². The standard InChI is InChI=1S/C12H9ClN2O3/c1-8-12(15(16)17)11(14-18-8)7-6-9-4-2-3-5-10(9)13/h2-7H,1H3/b7-6+. The van der Waals surface area contributed by atoms with E-state index in [0.29, 0.717) is 5.02 Å². The van der Waals surface area contributed by atoms with E-state index in [4.69, 9.17) is 16.1 Å². The number of nitrogens with zero attached hydrogens (tertiary/aromatic N) is 2. The van der Waals surface area contributed by atoms with Crippen LogP contribution in [0.1, 0.15) is 17.0 Å². The maximum absolute atomic E-state index is 10.8. The van der Waals surface area contributed by atoms with Crippen molar-refractivity contribution in [2.75, 3.05) is 0 Å². The number of rotatable bonds is 3.